The maximum absolute atomic E-state index is 11.8. The zero-order valence-corrected chi connectivity index (χ0v) is 12.9. The van der Waals surface area contributed by atoms with E-state index in [0.717, 1.165) is 42.6 Å². The predicted molar refractivity (Wildman–Crippen MR) is 81.7 cm³/mol. The molecule has 0 aromatic carbocycles. The summed E-state index contributed by atoms with van der Waals surface area (Å²) in [6.45, 7) is 0. The van der Waals surface area contributed by atoms with Gasteiger partial charge >= 0.3 is 0 Å². The zero-order chi connectivity index (χ0) is 14.0. The van der Waals surface area contributed by atoms with Crippen LogP contribution in [-0.2, 0) is 4.79 Å². The summed E-state index contributed by atoms with van der Waals surface area (Å²) in [7, 11) is 0. The van der Waals surface area contributed by atoms with Crippen molar-refractivity contribution in [2.45, 2.75) is 81.8 Å². The lowest BCUT2D eigenvalue weighted by molar-refractivity contribution is -0.128. The molecule has 3 nitrogen and oxygen atoms in total. The standard InChI is InChI=1S/C18H28N2O/c21-16-3-2-15(18(20-16)4-1-5-18)19-17-13-7-11-6-12(9-13)10-14(17)8-11/h11-15,17,19H,1-10H2,(H,20,21). The lowest BCUT2D eigenvalue weighted by atomic mass is 9.54. The second kappa shape index (κ2) is 4.47. The first-order chi connectivity index (χ1) is 10.2. The number of hydrogen-bond donors (Lipinski definition) is 2. The number of hydrogen-bond acceptors (Lipinski definition) is 2. The SMILES string of the molecule is O=C1CCC(NC2C3CC4CC(C3)CC2C4)C2(CCC2)N1. The van der Waals surface area contributed by atoms with E-state index < -0.39 is 0 Å². The molecule has 2 N–H and O–H groups in total. The van der Waals surface area contributed by atoms with E-state index in [0.29, 0.717) is 6.04 Å². The molecule has 6 fully saturated rings. The Bertz CT molecular complexity index is 428. The minimum absolute atomic E-state index is 0.129. The number of piperidine rings is 1. The van der Waals surface area contributed by atoms with Gasteiger partial charge in [0.1, 0.15) is 0 Å². The third-order valence-corrected chi connectivity index (χ3v) is 7.58. The summed E-state index contributed by atoms with van der Waals surface area (Å²) in [5.41, 5.74) is 0.129. The normalized spacial score (nSPS) is 50.0. The highest BCUT2D eigenvalue weighted by atomic mass is 16.1. The minimum atomic E-state index is 0.129. The minimum Gasteiger partial charge on any atom is -0.349 e. The Morgan fingerprint density at radius 2 is 1.67 bits per heavy atom. The molecule has 1 heterocycles. The molecule has 6 rings (SSSR count). The Hall–Kier alpha value is -0.570. The van der Waals surface area contributed by atoms with Gasteiger partial charge in [-0.15, -0.1) is 0 Å². The van der Waals surface area contributed by atoms with Gasteiger partial charge < -0.3 is 10.6 Å². The van der Waals surface area contributed by atoms with Gasteiger partial charge in [-0.25, -0.2) is 0 Å². The van der Waals surface area contributed by atoms with Crippen LogP contribution in [0.3, 0.4) is 0 Å². The van der Waals surface area contributed by atoms with Crippen LogP contribution in [0.4, 0.5) is 0 Å². The van der Waals surface area contributed by atoms with E-state index in [1.807, 2.05) is 0 Å². The Morgan fingerprint density at radius 1 is 1.00 bits per heavy atom. The fraction of sp³-hybridized carbons (Fsp3) is 0.944. The monoisotopic (exact) mass is 288 g/mol. The van der Waals surface area contributed by atoms with Crippen molar-refractivity contribution in [3.63, 3.8) is 0 Å². The van der Waals surface area contributed by atoms with Crippen LogP contribution in [0.5, 0.6) is 0 Å². The Balaban J connectivity index is 1.34. The summed E-state index contributed by atoms with van der Waals surface area (Å²) >= 11 is 0. The number of amides is 1. The van der Waals surface area contributed by atoms with Crippen molar-refractivity contribution >= 4 is 5.91 Å². The number of rotatable bonds is 2. The van der Waals surface area contributed by atoms with Crippen molar-refractivity contribution in [2.24, 2.45) is 23.7 Å². The summed E-state index contributed by atoms with van der Waals surface area (Å²) in [6, 6.07) is 1.31. The van der Waals surface area contributed by atoms with E-state index in [-0.39, 0.29) is 11.4 Å². The summed E-state index contributed by atoms with van der Waals surface area (Å²) in [6.07, 6.45) is 12.9. The maximum atomic E-state index is 11.8. The van der Waals surface area contributed by atoms with Crippen molar-refractivity contribution in [2.75, 3.05) is 0 Å². The van der Waals surface area contributed by atoms with Gasteiger partial charge in [0, 0.05) is 18.5 Å². The molecule has 0 aromatic rings. The largest absolute Gasteiger partial charge is 0.349 e. The highest BCUT2D eigenvalue weighted by Crippen LogP contribution is 2.54. The molecule has 0 aromatic heterocycles. The summed E-state index contributed by atoms with van der Waals surface area (Å²) < 4.78 is 0. The van der Waals surface area contributed by atoms with Gasteiger partial charge in [0.2, 0.25) is 5.91 Å². The van der Waals surface area contributed by atoms with Crippen LogP contribution in [0.1, 0.15) is 64.2 Å². The van der Waals surface area contributed by atoms with E-state index in [2.05, 4.69) is 10.6 Å². The lowest BCUT2D eigenvalue weighted by Gasteiger charge is -2.58. The Labute approximate surface area is 127 Å². The van der Waals surface area contributed by atoms with Crippen molar-refractivity contribution < 1.29 is 4.79 Å². The van der Waals surface area contributed by atoms with Crippen molar-refractivity contribution in [1.29, 1.82) is 0 Å². The van der Waals surface area contributed by atoms with E-state index in [1.54, 1.807) is 0 Å². The highest BCUT2D eigenvalue weighted by molar-refractivity contribution is 5.78. The molecule has 1 unspecified atom stereocenters. The first-order valence-electron chi connectivity index (χ1n) is 9.29. The molecule has 1 aliphatic heterocycles. The summed E-state index contributed by atoms with van der Waals surface area (Å²) in [5.74, 6) is 4.27. The van der Waals surface area contributed by atoms with Crippen molar-refractivity contribution in [3.05, 3.63) is 0 Å². The molecule has 21 heavy (non-hydrogen) atoms. The molecule has 4 bridgehead atoms. The van der Waals surface area contributed by atoms with Crippen LogP contribution in [-0.4, -0.2) is 23.5 Å². The molecular formula is C18H28N2O. The third kappa shape index (κ3) is 1.92. The first-order valence-corrected chi connectivity index (χ1v) is 9.29. The maximum Gasteiger partial charge on any atom is 0.220 e. The molecule has 6 aliphatic rings. The zero-order valence-electron chi connectivity index (χ0n) is 12.9. The van der Waals surface area contributed by atoms with Gasteiger partial charge in [0.05, 0.1) is 5.54 Å². The van der Waals surface area contributed by atoms with Crippen LogP contribution in [0.2, 0.25) is 0 Å². The lowest BCUT2D eigenvalue weighted by Crippen LogP contribution is -2.70. The first kappa shape index (κ1) is 12.9. The van der Waals surface area contributed by atoms with E-state index in [1.165, 1.54) is 51.4 Å². The van der Waals surface area contributed by atoms with Crippen LogP contribution in [0.15, 0.2) is 0 Å². The average Bonchev–Trinajstić information content (AvgIpc) is 2.41. The van der Waals surface area contributed by atoms with Gasteiger partial charge in [0.25, 0.3) is 0 Å². The van der Waals surface area contributed by atoms with Crippen LogP contribution in [0, 0.1) is 23.7 Å². The van der Waals surface area contributed by atoms with Gasteiger partial charge in [-0.3, -0.25) is 4.79 Å². The van der Waals surface area contributed by atoms with Crippen molar-refractivity contribution in [1.82, 2.24) is 10.6 Å². The predicted octanol–water partition coefficient (Wildman–Crippen LogP) is 2.60. The Kier molecular flexibility index (Phi) is 2.75. The van der Waals surface area contributed by atoms with Gasteiger partial charge in [-0.05, 0) is 81.5 Å². The highest BCUT2D eigenvalue weighted by Gasteiger charge is 2.52. The molecule has 1 amide bonds. The summed E-state index contributed by atoms with van der Waals surface area (Å²) in [5, 5.41) is 7.45. The fourth-order valence-electron chi connectivity index (χ4n) is 6.68. The molecule has 0 radical (unpaired) electrons. The topological polar surface area (TPSA) is 41.1 Å². The van der Waals surface area contributed by atoms with E-state index in [9.17, 15) is 4.79 Å². The third-order valence-electron chi connectivity index (χ3n) is 7.58. The molecule has 1 atom stereocenters. The number of carbonyl (C=O) groups is 1. The van der Waals surface area contributed by atoms with Crippen molar-refractivity contribution in [3.8, 4) is 0 Å². The smallest absolute Gasteiger partial charge is 0.220 e. The summed E-state index contributed by atoms with van der Waals surface area (Å²) in [4.78, 5) is 11.8. The molecule has 5 saturated carbocycles. The second-order valence-corrected chi connectivity index (χ2v) is 8.77. The quantitative estimate of drug-likeness (QED) is 0.820. The molecule has 5 aliphatic carbocycles. The van der Waals surface area contributed by atoms with Gasteiger partial charge in [0.15, 0.2) is 0 Å². The average molecular weight is 288 g/mol. The molecule has 1 spiro atoms. The fourth-order valence-corrected chi connectivity index (χ4v) is 6.68. The number of nitrogens with one attached hydrogen (secondary N) is 2. The van der Waals surface area contributed by atoms with Crippen LogP contribution < -0.4 is 10.6 Å². The van der Waals surface area contributed by atoms with E-state index in [4.69, 9.17) is 0 Å². The van der Waals surface area contributed by atoms with Gasteiger partial charge in [-0.2, -0.15) is 0 Å². The molecule has 1 saturated heterocycles. The van der Waals surface area contributed by atoms with E-state index >= 15 is 0 Å². The van der Waals surface area contributed by atoms with Gasteiger partial charge in [-0.1, -0.05) is 0 Å². The molecule has 116 valence electrons. The van der Waals surface area contributed by atoms with Crippen LogP contribution in [0.25, 0.3) is 0 Å². The molecule has 3 heteroatoms. The van der Waals surface area contributed by atoms with Crippen LogP contribution >= 0.6 is 0 Å². The number of carbonyl (C=O) groups excluding carboxylic acids is 1. The molecular weight excluding hydrogens is 260 g/mol. The second-order valence-electron chi connectivity index (χ2n) is 8.77. The Morgan fingerprint density at radius 3 is 2.24 bits per heavy atom.